The first-order valence-electron chi connectivity index (χ1n) is 11.5. The molecule has 0 saturated carbocycles. The van der Waals surface area contributed by atoms with Gasteiger partial charge in [-0.3, -0.25) is 14.6 Å². The van der Waals surface area contributed by atoms with Gasteiger partial charge in [-0.1, -0.05) is 32.0 Å². The third-order valence-electron chi connectivity index (χ3n) is 5.98. The number of carbonyl (C=O) groups excluding carboxylic acids is 2. The lowest BCUT2D eigenvalue weighted by molar-refractivity contribution is -0.140. The molecule has 0 spiro atoms. The average molecular weight is 475 g/mol. The van der Waals surface area contributed by atoms with E-state index in [0.29, 0.717) is 29.2 Å². The minimum absolute atomic E-state index is 0.0327. The van der Waals surface area contributed by atoms with Gasteiger partial charge >= 0.3 is 0 Å². The van der Waals surface area contributed by atoms with Gasteiger partial charge in [-0.15, -0.1) is 0 Å². The third-order valence-corrected chi connectivity index (χ3v) is 5.98. The van der Waals surface area contributed by atoms with Crippen LogP contribution in [0.15, 0.2) is 72.4 Å². The molecule has 1 aliphatic heterocycles. The Balaban J connectivity index is 1.84. The fraction of sp³-hybridized carbons (Fsp3) is 0.250. The monoisotopic (exact) mass is 474 g/mol. The van der Waals surface area contributed by atoms with Crippen molar-refractivity contribution in [2.45, 2.75) is 39.3 Å². The maximum Gasteiger partial charge on any atom is 0.296 e. The van der Waals surface area contributed by atoms with Crippen LogP contribution in [-0.4, -0.2) is 33.3 Å². The Kier molecular flexibility index (Phi) is 6.96. The lowest BCUT2D eigenvalue weighted by Gasteiger charge is -2.24. The smallest absolute Gasteiger partial charge is 0.296 e. The molecule has 3 aromatic rings. The van der Waals surface area contributed by atoms with Crippen LogP contribution in [0.1, 0.15) is 55.1 Å². The van der Waals surface area contributed by atoms with Crippen LogP contribution in [0.3, 0.4) is 0 Å². The Morgan fingerprint density at radius 1 is 1.11 bits per heavy atom. The van der Waals surface area contributed by atoms with E-state index in [-0.39, 0.29) is 23.8 Å². The number of aliphatic hydroxyl groups is 1. The first-order chi connectivity index (χ1) is 16.8. The molecule has 1 fully saturated rings. The molecule has 180 valence electrons. The lowest BCUT2D eigenvalue weighted by atomic mass is 9.94. The number of ketones is 1. The summed E-state index contributed by atoms with van der Waals surface area (Å²) in [5.74, 6) is -1.39. The van der Waals surface area contributed by atoms with Crippen LogP contribution in [-0.2, 0) is 16.1 Å². The van der Waals surface area contributed by atoms with E-state index in [1.807, 2.05) is 20.8 Å². The van der Waals surface area contributed by atoms with Gasteiger partial charge in [0.25, 0.3) is 11.7 Å². The standard InChI is InChI=1S/C28H27FN2O4/c1-4-35-23-13-10-19(15-21(23)17(2)3)26(32)24-25(22-7-5-6-14-30-22)31(28(34)27(24)33)16-18-8-11-20(29)12-9-18/h5-15,17,25,32H,4,16H2,1-3H3/b26-24-. The number of pyridine rings is 1. The van der Waals surface area contributed by atoms with Gasteiger partial charge in [0.05, 0.1) is 17.9 Å². The molecule has 6 nitrogen and oxygen atoms in total. The molecule has 2 aromatic carbocycles. The summed E-state index contributed by atoms with van der Waals surface area (Å²) in [6.45, 7) is 6.48. The van der Waals surface area contributed by atoms with Crippen LogP contribution >= 0.6 is 0 Å². The van der Waals surface area contributed by atoms with Crippen LogP contribution < -0.4 is 4.74 Å². The summed E-state index contributed by atoms with van der Waals surface area (Å²) < 4.78 is 19.1. The number of Topliss-reactive ketones (excluding diaryl/α,β-unsaturated/α-hetero) is 1. The molecule has 1 unspecified atom stereocenters. The van der Waals surface area contributed by atoms with Crippen LogP contribution in [0.2, 0.25) is 0 Å². The third kappa shape index (κ3) is 4.80. The van der Waals surface area contributed by atoms with E-state index in [0.717, 1.165) is 5.56 Å². The number of halogens is 1. The molecule has 0 radical (unpaired) electrons. The molecule has 1 saturated heterocycles. The predicted octanol–water partition coefficient (Wildman–Crippen LogP) is 5.36. The zero-order valence-corrected chi connectivity index (χ0v) is 19.9. The van der Waals surface area contributed by atoms with Crippen LogP contribution in [0.25, 0.3) is 5.76 Å². The van der Waals surface area contributed by atoms with Gasteiger partial charge < -0.3 is 14.7 Å². The molecule has 0 bridgehead atoms. The molecule has 35 heavy (non-hydrogen) atoms. The minimum Gasteiger partial charge on any atom is -0.507 e. The SMILES string of the molecule is CCOc1ccc(/C(O)=C2/C(=O)C(=O)N(Cc3ccc(F)cc3)C2c2ccccn2)cc1C(C)C. The second-order valence-corrected chi connectivity index (χ2v) is 8.65. The van der Waals surface area contributed by atoms with Crippen LogP contribution in [0, 0.1) is 5.82 Å². The molecular formula is C28H27FN2O4. The van der Waals surface area contributed by atoms with Crippen molar-refractivity contribution in [3.8, 4) is 5.75 Å². The number of rotatable bonds is 7. The highest BCUT2D eigenvalue weighted by Gasteiger charge is 2.46. The van der Waals surface area contributed by atoms with Crippen molar-refractivity contribution in [2.24, 2.45) is 0 Å². The van der Waals surface area contributed by atoms with E-state index in [1.54, 1.807) is 54.7 Å². The number of carbonyl (C=O) groups is 2. The van der Waals surface area contributed by atoms with E-state index in [2.05, 4.69) is 4.98 Å². The Morgan fingerprint density at radius 3 is 2.49 bits per heavy atom. The number of amides is 1. The molecule has 1 amide bonds. The zero-order valence-electron chi connectivity index (χ0n) is 19.9. The van der Waals surface area contributed by atoms with Gasteiger partial charge in [0.15, 0.2) is 0 Å². The summed E-state index contributed by atoms with van der Waals surface area (Å²) in [5, 5.41) is 11.3. The number of nitrogens with zero attached hydrogens (tertiary/aromatic N) is 2. The lowest BCUT2D eigenvalue weighted by Crippen LogP contribution is -2.29. The number of likely N-dealkylation sites (tertiary alicyclic amines) is 1. The molecule has 0 aliphatic carbocycles. The fourth-order valence-electron chi connectivity index (χ4n) is 4.26. The quantitative estimate of drug-likeness (QED) is 0.283. The van der Waals surface area contributed by atoms with Gasteiger partial charge in [-0.05, 0) is 66.4 Å². The van der Waals surface area contributed by atoms with E-state index < -0.39 is 23.5 Å². The maximum atomic E-state index is 13.4. The summed E-state index contributed by atoms with van der Waals surface area (Å²) in [5.41, 5.74) is 2.36. The van der Waals surface area contributed by atoms with Crippen molar-refractivity contribution in [1.29, 1.82) is 0 Å². The van der Waals surface area contributed by atoms with E-state index >= 15 is 0 Å². The topological polar surface area (TPSA) is 79.7 Å². The second kappa shape index (κ2) is 10.1. The van der Waals surface area contributed by atoms with E-state index in [1.165, 1.54) is 17.0 Å². The number of ether oxygens (including phenoxy) is 1. The van der Waals surface area contributed by atoms with Gasteiger partial charge in [0.2, 0.25) is 0 Å². The van der Waals surface area contributed by atoms with Crippen molar-refractivity contribution < 1.29 is 23.8 Å². The predicted molar refractivity (Wildman–Crippen MR) is 130 cm³/mol. The van der Waals surface area contributed by atoms with Gasteiger partial charge in [0, 0.05) is 18.3 Å². The molecule has 7 heteroatoms. The largest absolute Gasteiger partial charge is 0.507 e. The highest BCUT2D eigenvalue weighted by Crippen LogP contribution is 2.40. The van der Waals surface area contributed by atoms with E-state index in [4.69, 9.17) is 4.74 Å². The van der Waals surface area contributed by atoms with E-state index in [9.17, 15) is 19.1 Å². The fourth-order valence-corrected chi connectivity index (χ4v) is 4.26. The zero-order chi connectivity index (χ0) is 25.1. The molecule has 1 atom stereocenters. The maximum absolute atomic E-state index is 13.4. The number of hydrogen-bond acceptors (Lipinski definition) is 5. The van der Waals surface area contributed by atoms with Crippen molar-refractivity contribution >= 4 is 17.4 Å². The number of benzene rings is 2. The number of hydrogen-bond donors (Lipinski definition) is 1. The van der Waals surface area contributed by atoms with Gasteiger partial charge in [-0.2, -0.15) is 0 Å². The first kappa shape index (κ1) is 24.1. The molecular weight excluding hydrogens is 447 g/mol. The van der Waals surface area contributed by atoms with Crippen molar-refractivity contribution in [2.75, 3.05) is 6.61 Å². The first-order valence-corrected chi connectivity index (χ1v) is 11.5. The normalized spacial score (nSPS) is 17.3. The van der Waals surface area contributed by atoms with Crippen molar-refractivity contribution in [3.63, 3.8) is 0 Å². The summed E-state index contributed by atoms with van der Waals surface area (Å²) >= 11 is 0. The minimum atomic E-state index is -0.893. The summed E-state index contributed by atoms with van der Waals surface area (Å²) in [7, 11) is 0. The Hall–Kier alpha value is -4.00. The molecule has 2 heterocycles. The highest BCUT2D eigenvalue weighted by molar-refractivity contribution is 6.46. The van der Waals surface area contributed by atoms with Crippen LogP contribution in [0.5, 0.6) is 5.75 Å². The molecule has 1 aliphatic rings. The summed E-state index contributed by atoms with van der Waals surface area (Å²) in [6.07, 6.45) is 1.57. The van der Waals surface area contributed by atoms with Crippen LogP contribution in [0.4, 0.5) is 4.39 Å². The van der Waals surface area contributed by atoms with Gasteiger partial charge in [-0.25, -0.2) is 4.39 Å². The molecule has 1 aromatic heterocycles. The number of aromatic nitrogens is 1. The van der Waals surface area contributed by atoms with Crippen molar-refractivity contribution in [3.05, 3.63) is 101 Å². The summed E-state index contributed by atoms with van der Waals surface area (Å²) in [4.78, 5) is 32.1. The Labute approximate surface area is 203 Å². The number of aliphatic hydroxyl groups excluding tert-OH is 1. The molecule has 1 N–H and O–H groups in total. The Morgan fingerprint density at radius 2 is 1.86 bits per heavy atom. The van der Waals surface area contributed by atoms with Gasteiger partial charge in [0.1, 0.15) is 23.4 Å². The summed E-state index contributed by atoms with van der Waals surface area (Å²) in [6, 6.07) is 15.3. The Bertz CT molecular complexity index is 1270. The molecule has 4 rings (SSSR count). The van der Waals surface area contributed by atoms with Crippen molar-refractivity contribution in [1.82, 2.24) is 9.88 Å². The highest BCUT2D eigenvalue weighted by atomic mass is 19.1. The second-order valence-electron chi connectivity index (χ2n) is 8.65. The average Bonchev–Trinajstić information content (AvgIpc) is 3.10.